The summed E-state index contributed by atoms with van der Waals surface area (Å²) in [4.78, 5) is 12.0. The van der Waals surface area contributed by atoms with E-state index in [0.29, 0.717) is 23.7 Å². The molecule has 0 fully saturated rings. The summed E-state index contributed by atoms with van der Waals surface area (Å²) in [6, 6.07) is 7.09. The molecule has 0 spiro atoms. The molecule has 0 saturated heterocycles. The van der Waals surface area contributed by atoms with Crippen molar-refractivity contribution in [1.82, 2.24) is 5.32 Å². The van der Waals surface area contributed by atoms with E-state index in [1.165, 1.54) is 0 Å². The fraction of sp³-hybridized carbons (Fsp3) is 0.500. The average Bonchev–Trinajstić information content (AvgIpc) is 2.34. The SMILES string of the molecule is CCC(Oc1ccccc1Cl)C(=O)NCC(C)(C)N. The van der Waals surface area contributed by atoms with E-state index in [1.54, 1.807) is 12.1 Å². The maximum atomic E-state index is 12.0. The monoisotopic (exact) mass is 284 g/mol. The van der Waals surface area contributed by atoms with Crippen molar-refractivity contribution in [3.63, 3.8) is 0 Å². The lowest BCUT2D eigenvalue weighted by molar-refractivity contribution is -0.128. The lowest BCUT2D eigenvalue weighted by Gasteiger charge is -2.22. The molecule has 1 amide bonds. The molecule has 1 aromatic rings. The van der Waals surface area contributed by atoms with Gasteiger partial charge in [-0.15, -0.1) is 0 Å². The molecule has 5 heteroatoms. The summed E-state index contributed by atoms with van der Waals surface area (Å²) < 4.78 is 5.64. The number of nitrogens with one attached hydrogen (secondary N) is 1. The molecule has 0 radical (unpaired) electrons. The molecule has 0 bridgehead atoms. The maximum absolute atomic E-state index is 12.0. The van der Waals surface area contributed by atoms with Gasteiger partial charge in [-0.2, -0.15) is 0 Å². The molecular formula is C14H21ClN2O2. The fourth-order valence-corrected chi connectivity index (χ4v) is 1.62. The van der Waals surface area contributed by atoms with Gasteiger partial charge in [-0.25, -0.2) is 0 Å². The molecule has 1 rings (SSSR count). The smallest absolute Gasteiger partial charge is 0.261 e. The Morgan fingerprint density at radius 3 is 2.63 bits per heavy atom. The van der Waals surface area contributed by atoms with Crippen LogP contribution in [0.4, 0.5) is 0 Å². The van der Waals surface area contributed by atoms with Gasteiger partial charge in [-0.1, -0.05) is 30.7 Å². The van der Waals surface area contributed by atoms with E-state index in [2.05, 4.69) is 5.32 Å². The van der Waals surface area contributed by atoms with E-state index in [-0.39, 0.29) is 5.91 Å². The van der Waals surface area contributed by atoms with Crippen molar-refractivity contribution in [2.45, 2.75) is 38.8 Å². The van der Waals surface area contributed by atoms with Gasteiger partial charge < -0.3 is 15.8 Å². The molecule has 3 N–H and O–H groups in total. The second-order valence-electron chi connectivity index (χ2n) is 5.15. The van der Waals surface area contributed by atoms with Crippen LogP contribution in [0, 0.1) is 0 Å². The van der Waals surface area contributed by atoms with Crippen molar-refractivity contribution in [3.05, 3.63) is 29.3 Å². The molecule has 0 heterocycles. The van der Waals surface area contributed by atoms with E-state index in [4.69, 9.17) is 22.1 Å². The van der Waals surface area contributed by atoms with Crippen LogP contribution in [0.3, 0.4) is 0 Å². The summed E-state index contributed by atoms with van der Waals surface area (Å²) in [7, 11) is 0. The first kappa shape index (κ1) is 15.8. The Morgan fingerprint density at radius 1 is 1.47 bits per heavy atom. The van der Waals surface area contributed by atoms with Crippen LogP contribution in [-0.4, -0.2) is 24.1 Å². The number of carbonyl (C=O) groups is 1. The van der Waals surface area contributed by atoms with Gasteiger partial charge in [0.25, 0.3) is 5.91 Å². The summed E-state index contributed by atoms with van der Waals surface area (Å²) in [5.74, 6) is 0.333. The fourth-order valence-electron chi connectivity index (χ4n) is 1.44. The second kappa shape index (κ2) is 6.78. The molecular weight excluding hydrogens is 264 g/mol. The van der Waals surface area contributed by atoms with Gasteiger partial charge in [0.15, 0.2) is 6.10 Å². The van der Waals surface area contributed by atoms with Gasteiger partial charge in [0.05, 0.1) is 5.02 Å². The molecule has 4 nitrogen and oxygen atoms in total. The maximum Gasteiger partial charge on any atom is 0.261 e. The highest BCUT2D eigenvalue weighted by molar-refractivity contribution is 6.32. The summed E-state index contributed by atoms with van der Waals surface area (Å²) in [5, 5.41) is 3.27. The predicted octanol–water partition coefficient (Wildman–Crippen LogP) is 2.35. The molecule has 0 aromatic heterocycles. The highest BCUT2D eigenvalue weighted by Crippen LogP contribution is 2.24. The number of hydrogen-bond donors (Lipinski definition) is 2. The molecule has 106 valence electrons. The highest BCUT2D eigenvalue weighted by Gasteiger charge is 2.21. The molecule has 1 unspecified atom stereocenters. The summed E-state index contributed by atoms with van der Waals surface area (Å²) in [5.41, 5.74) is 5.38. The van der Waals surface area contributed by atoms with E-state index >= 15 is 0 Å². The lowest BCUT2D eigenvalue weighted by atomic mass is 10.1. The second-order valence-corrected chi connectivity index (χ2v) is 5.56. The largest absolute Gasteiger partial charge is 0.479 e. The van der Waals surface area contributed by atoms with Gasteiger partial charge in [0, 0.05) is 12.1 Å². The summed E-state index contributed by atoms with van der Waals surface area (Å²) in [6.45, 7) is 5.98. The number of hydrogen-bond acceptors (Lipinski definition) is 3. The van der Waals surface area contributed by atoms with E-state index in [9.17, 15) is 4.79 Å². The van der Waals surface area contributed by atoms with Gasteiger partial charge in [0.1, 0.15) is 5.75 Å². The standard InChI is InChI=1S/C14H21ClN2O2/c1-4-11(13(18)17-9-14(2,3)16)19-12-8-6-5-7-10(12)15/h5-8,11H,4,9,16H2,1-3H3,(H,17,18). The minimum absolute atomic E-state index is 0.180. The van der Waals surface area contributed by atoms with Crippen LogP contribution >= 0.6 is 11.6 Å². The topological polar surface area (TPSA) is 64.3 Å². The zero-order chi connectivity index (χ0) is 14.5. The number of rotatable bonds is 6. The van der Waals surface area contributed by atoms with E-state index in [0.717, 1.165) is 0 Å². The first-order valence-corrected chi connectivity index (χ1v) is 6.69. The highest BCUT2D eigenvalue weighted by atomic mass is 35.5. The number of carbonyl (C=O) groups excluding carboxylic acids is 1. The number of amides is 1. The molecule has 1 atom stereocenters. The summed E-state index contributed by atoms with van der Waals surface area (Å²) >= 11 is 6.00. The first-order chi connectivity index (χ1) is 8.83. The van der Waals surface area contributed by atoms with Crippen LogP contribution in [0.15, 0.2) is 24.3 Å². The Kier molecular flexibility index (Phi) is 5.63. The van der Waals surface area contributed by atoms with Crippen LogP contribution in [0.1, 0.15) is 27.2 Å². The Labute approximate surface area is 119 Å². The van der Waals surface area contributed by atoms with Crippen LogP contribution in [0.5, 0.6) is 5.75 Å². The molecule has 0 saturated carbocycles. The van der Waals surface area contributed by atoms with Crippen molar-refractivity contribution < 1.29 is 9.53 Å². The molecule has 0 aliphatic rings. The Morgan fingerprint density at radius 2 is 2.11 bits per heavy atom. The number of halogens is 1. The molecule has 0 aliphatic heterocycles. The van der Waals surface area contributed by atoms with Crippen molar-refractivity contribution >= 4 is 17.5 Å². The molecule has 19 heavy (non-hydrogen) atoms. The summed E-state index contributed by atoms with van der Waals surface area (Å²) in [6.07, 6.45) is -0.00977. The van der Waals surface area contributed by atoms with Gasteiger partial charge in [0.2, 0.25) is 0 Å². The Balaban J connectivity index is 2.63. The minimum atomic E-state index is -0.567. The van der Waals surface area contributed by atoms with Crippen molar-refractivity contribution in [1.29, 1.82) is 0 Å². The quantitative estimate of drug-likeness (QED) is 0.843. The van der Waals surface area contributed by atoms with Gasteiger partial charge >= 0.3 is 0 Å². The third kappa shape index (κ3) is 5.49. The van der Waals surface area contributed by atoms with Crippen molar-refractivity contribution in [2.75, 3.05) is 6.54 Å². The van der Waals surface area contributed by atoms with Crippen LogP contribution in [0.2, 0.25) is 5.02 Å². The minimum Gasteiger partial charge on any atom is -0.479 e. The number of ether oxygens (including phenoxy) is 1. The van der Waals surface area contributed by atoms with Gasteiger partial charge in [-0.3, -0.25) is 4.79 Å². The predicted molar refractivity (Wildman–Crippen MR) is 77.4 cm³/mol. The lowest BCUT2D eigenvalue weighted by Crippen LogP contribution is -2.48. The van der Waals surface area contributed by atoms with Crippen LogP contribution in [-0.2, 0) is 4.79 Å². The zero-order valence-electron chi connectivity index (χ0n) is 11.6. The van der Waals surface area contributed by atoms with E-state index in [1.807, 2.05) is 32.9 Å². The average molecular weight is 285 g/mol. The normalized spacial score (nSPS) is 12.9. The van der Waals surface area contributed by atoms with Gasteiger partial charge in [-0.05, 0) is 32.4 Å². The third-order valence-electron chi connectivity index (χ3n) is 2.49. The van der Waals surface area contributed by atoms with Crippen molar-refractivity contribution in [2.24, 2.45) is 5.73 Å². The Hall–Kier alpha value is -1.26. The Bertz CT molecular complexity index is 430. The third-order valence-corrected chi connectivity index (χ3v) is 2.80. The number of benzene rings is 1. The number of nitrogens with two attached hydrogens (primary N) is 1. The van der Waals surface area contributed by atoms with Crippen LogP contribution in [0.25, 0.3) is 0 Å². The van der Waals surface area contributed by atoms with Crippen LogP contribution < -0.4 is 15.8 Å². The van der Waals surface area contributed by atoms with Crippen molar-refractivity contribution in [3.8, 4) is 5.75 Å². The molecule has 1 aromatic carbocycles. The zero-order valence-corrected chi connectivity index (χ0v) is 12.3. The molecule has 0 aliphatic carbocycles. The number of para-hydroxylation sites is 1. The van der Waals surface area contributed by atoms with E-state index < -0.39 is 11.6 Å². The first-order valence-electron chi connectivity index (χ1n) is 6.31.